The molecular formula is C14H12N4O. The van der Waals surface area contributed by atoms with Crippen molar-refractivity contribution < 1.29 is 4.79 Å². The van der Waals surface area contributed by atoms with E-state index in [0.29, 0.717) is 11.4 Å². The first-order valence-corrected chi connectivity index (χ1v) is 5.88. The Balaban J connectivity index is 1.87. The predicted molar refractivity (Wildman–Crippen MR) is 72.9 cm³/mol. The smallest absolute Gasteiger partial charge is 0.274 e. The lowest BCUT2D eigenvalue weighted by atomic mass is 10.2. The van der Waals surface area contributed by atoms with Gasteiger partial charge in [-0.3, -0.25) is 14.5 Å². The lowest BCUT2D eigenvalue weighted by Gasteiger charge is -2.04. The van der Waals surface area contributed by atoms with Gasteiger partial charge in [-0.1, -0.05) is 6.07 Å². The number of hydrogen-bond acceptors (Lipinski definition) is 3. The summed E-state index contributed by atoms with van der Waals surface area (Å²) in [5, 5.41) is 8.15. The van der Waals surface area contributed by atoms with Gasteiger partial charge < -0.3 is 5.32 Å². The normalized spacial score (nSPS) is 10.6. The average molecular weight is 252 g/mol. The third kappa shape index (κ3) is 2.30. The van der Waals surface area contributed by atoms with Crippen molar-refractivity contribution in [1.29, 1.82) is 0 Å². The Hall–Kier alpha value is -2.69. The van der Waals surface area contributed by atoms with Crippen LogP contribution >= 0.6 is 0 Å². The lowest BCUT2D eigenvalue weighted by molar-refractivity contribution is 0.102. The summed E-state index contributed by atoms with van der Waals surface area (Å²) in [5.41, 5.74) is 1.95. The standard InChI is InChI=1S/C14H12N4O/c1-18-9-10-5-6-11(8-13(10)17-18)16-14(19)12-4-2-3-7-15-12/h2-9H,1H3,(H,16,19). The summed E-state index contributed by atoms with van der Waals surface area (Å²) >= 11 is 0. The van der Waals surface area contributed by atoms with Gasteiger partial charge in [0.05, 0.1) is 5.52 Å². The second kappa shape index (κ2) is 4.53. The fourth-order valence-corrected chi connectivity index (χ4v) is 1.91. The molecule has 5 nitrogen and oxygen atoms in total. The van der Waals surface area contributed by atoms with Gasteiger partial charge in [0.2, 0.25) is 0 Å². The molecule has 0 fully saturated rings. The van der Waals surface area contributed by atoms with Gasteiger partial charge in [-0.15, -0.1) is 0 Å². The van der Waals surface area contributed by atoms with Crippen LogP contribution in [0.4, 0.5) is 5.69 Å². The summed E-state index contributed by atoms with van der Waals surface area (Å²) in [6.07, 6.45) is 3.52. The number of hydrogen-bond donors (Lipinski definition) is 1. The van der Waals surface area contributed by atoms with Gasteiger partial charge in [-0.25, -0.2) is 0 Å². The minimum absolute atomic E-state index is 0.226. The monoisotopic (exact) mass is 252 g/mol. The molecule has 0 radical (unpaired) electrons. The Morgan fingerprint density at radius 3 is 2.95 bits per heavy atom. The third-order valence-corrected chi connectivity index (χ3v) is 2.78. The molecular weight excluding hydrogens is 240 g/mol. The first kappa shape index (κ1) is 11.4. The summed E-state index contributed by atoms with van der Waals surface area (Å²) in [6, 6.07) is 10.9. The van der Waals surface area contributed by atoms with Crippen LogP contribution in [-0.2, 0) is 7.05 Å². The minimum atomic E-state index is -0.226. The molecule has 2 heterocycles. The van der Waals surface area contributed by atoms with Crippen molar-refractivity contribution in [1.82, 2.24) is 14.8 Å². The first-order valence-electron chi connectivity index (χ1n) is 5.88. The quantitative estimate of drug-likeness (QED) is 0.760. The highest BCUT2D eigenvalue weighted by Crippen LogP contribution is 2.17. The Morgan fingerprint density at radius 2 is 2.16 bits per heavy atom. The van der Waals surface area contributed by atoms with E-state index in [0.717, 1.165) is 10.9 Å². The van der Waals surface area contributed by atoms with Crippen LogP contribution in [0.3, 0.4) is 0 Å². The second-order valence-corrected chi connectivity index (χ2v) is 4.25. The molecule has 2 aromatic heterocycles. The maximum atomic E-state index is 12.0. The molecule has 0 saturated heterocycles. The first-order chi connectivity index (χ1) is 9.22. The number of anilines is 1. The molecule has 0 saturated carbocycles. The van der Waals surface area contributed by atoms with Crippen LogP contribution in [-0.4, -0.2) is 20.7 Å². The maximum Gasteiger partial charge on any atom is 0.274 e. The van der Waals surface area contributed by atoms with Gasteiger partial charge in [0, 0.05) is 30.5 Å². The Morgan fingerprint density at radius 1 is 1.26 bits per heavy atom. The van der Waals surface area contributed by atoms with Crippen LogP contribution in [0.25, 0.3) is 10.9 Å². The van der Waals surface area contributed by atoms with Crippen LogP contribution in [0.2, 0.25) is 0 Å². The highest BCUT2D eigenvalue weighted by Gasteiger charge is 2.07. The number of fused-ring (bicyclic) bond motifs is 1. The lowest BCUT2D eigenvalue weighted by Crippen LogP contribution is -2.13. The summed E-state index contributed by atoms with van der Waals surface area (Å²) in [4.78, 5) is 16.0. The zero-order chi connectivity index (χ0) is 13.2. The number of carbonyl (C=O) groups excluding carboxylic acids is 1. The SMILES string of the molecule is Cn1cc2ccc(NC(=O)c3ccccn3)cc2n1. The number of aryl methyl sites for hydroxylation is 1. The number of nitrogens with one attached hydrogen (secondary N) is 1. The fourth-order valence-electron chi connectivity index (χ4n) is 1.91. The van der Waals surface area contributed by atoms with E-state index in [1.807, 2.05) is 31.4 Å². The summed E-state index contributed by atoms with van der Waals surface area (Å²) in [5.74, 6) is -0.226. The van der Waals surface area contributed by atoms with Crippen LogP contribution in [0.5, 0.6) is 0 Å². The van der Waals surface area contributed by atoms with Gasteiger partial charge in [0.15, 0.2) is 0 Å². The van der Waals surface area contributed by atoms with Crippen molar-refractivity contribution in [3.8, 4) is 0 Å². The summed E-state index contributed by atoms with van der Waals surface area (Å²) in [7, 11) is 1.87. The van der Waals surface area contributed by atoms with Gasteiger partial charge in [-0.05, 0) is 30.3 Å². The summed E-state index contributed by atoms with van der Waals surface area (Å²) in [6.45, 7) is 0. The molecule has 0 unspecified atom stereocenters. The number of pyridine rings is 1. The van der Waals surface area contributed by atoms with Gasteiger partial charge in [0.1, 0.15) is 5.69 Å². The number of nitrogens with zero attached hydrogens (tertiary/aromatic N) is 3. The Labute approximate surface area is 109 Å². The second-order valence-electron chi connectivity index (χ2n) is 4.25. The van der Waals surface area contributed by atoms with Gasteiger partial charge in [-0.2, -0.15) is 5.10 Å². The van der Waals surface area contributed by atoms with E-state index in [2.05, 4.69) is 15.4 Å². The van der Waals surface area contributed by atoms with Crippen LogP contribution < -0.4 is 5.32 Å². The molecule has 0 aliphatic heterocycles. The minimum Gasteiger partial charge on any atom is -0.321 e. The van der Waals surface area contributed by atoms with E-state index in [4.69, 9.17) is 0 Å². The number of rotatable bonds is 2. The molecule has 0 aliphatic carbocycles. The fraction of sp³-hybridized carbons (Fsp3) is 0.0714. The van der Waals surface area contributed by atoms with Crippen molar-refractivity contribution in [3.63, 3.8) is 0 Å². The molecule has 5 heteroatoms. The molecule has 1 aromatic carbocycles. The highest BCUT2D eigenvalue weighted by atomic mass is 16.1. The molecule has 19 heavy (non-hydrogen) atoms. The van der Waals surface area contributed by atoms with E-state index in [1.54, 1.807) is 29.1 Å². The Kier molecular flexibility index (Phi) is 2.72. The third-order valence-electron chi connectivity index (χ3n) is 2.78. The molecule has 0 aliphatic rings. The number of benzene rings is 1. The molecule has 0 spiro atoms. The van der Waals surface area contributed by atoms with Gasteiger partial charge >= 0.3 is 0 Å². The summed E-state index contributed by atoms with van der Waals surface area (Å²) < 4.78 is 1.75. The number of amides is 1. The van der Waals surface area contributed by atoms with Crippen molar-refractivity contribution in [3.05, 3.63) is 54.5 Å². The predicted octanol–water partition coefficient (Wildman–Crippen LogP) is 2.22. The van der Waals surface area contributed by atoms with E-state index in [1.165, 1.54) is 0 Å². The van der Waals surface area contributed by atoms with Crippen molar-refractivity contribution in [2.45, 2.75) is 0 Å². The van der Waals surface area contributed by atoms with Crippen molar-refractivity contribution in [2.24, 2.45) is 7.05 Å². The van der Waals surface area contributed by atoms with E-state index in [9.17, 15) is 4.79 Å². The van der Waals surface area contributed by atoms with Crippen molar-refractivity contribution >= 4 is 22.5 Å². The van der Waals surface area contributed by atoms with Crippen LogP contribution in [0, 0.1) is 0 Å². The molecule has 0 atom stereocenters. The zero-order valence-corrected chi connectivity index (χ0v) is 10.4. The van der Waals surface area contributed by atoms with Crippen molar-refractivity contribution in [2.75, 3.05) is 5.32 Å². The average Bonchev–Trinajstić information content (AvgIpc) is 2.79. The van der Waals surface area contributed by atoms with Gasteiger partial charge in [0.25, 0.3) is 5.91 Å². The molecule has 1 amide bonds. The van der Waals surface area contributed by atoms with E-state index >= 15 is 0 Å². The molecule has 3 aromatic rings. The topological polar surface area (TPSA) is 59.8 Å². The highest BCUT2D eigenvalue weighted by molar-refractivity contribution is 6.03. The van der Waals surface area contributed by atoms with Crippen LogP contribution in [0.1, 0.15) is 10.5 Å². The maximum absolute atomic E-state index is 12.0. The molecule has 3 rings (SSSR count). The molecule has 1 N–H and O–H groups in total. The van der Waals surface area contributed by atoms with E-state index in [-0.39, 0.29) is 5.91 Å². The largest absolute Gasteiger partial charge is 0.321 e. The number of carbonyl (C=O) groups is 1. The Bertz CT molecular complexity index is 734. The van der Waals surface area contributed by atoms with E-state index < -0.39 is 0 Å². The molecule has 94 valence electrons. The van der Waals surface area contributed by atoms with Crippen LogP contribution in [0.15, 0.2) is 48.8 Å². The molecule has 0 bridgehead atoms. The number of aromatic nitrogens is 3. The zero-order valence-electron chi connectivity index (χ0n) is 10.4.